The van der Waals surface area contributed by atoms with Gasteiger partial charge in [0, 0.05) is 12.6 Å². The van der Waals surface area contributed by atoms with E-state index in [9.17, 15) is 4.39 Å². The molecule has 2 fully saturated rings. The quantitative estimate of drug-likeness (QED) is 0.846. The Morgan fingerprint density at radius 1 is 1.26 bits per heavy atom. The molecular weight excluding hydrogens is 309 g/mol. The maximum atomic E-state index is 13.3. The van der Waals surface area contributed by atoms with Gasteiger partial charge in [0.25, 0.3) is 0 Å². The van der Waals surface area contributed by atoms with Crippen LogP contribution < -0.4 is 5.32 Å². The molecule has 3 atom stereocenters. The maximum Gasteiger partial charge on any atom is 0.137 e. The summed E-state index contributed by atoms with van der Waals surface area (Å²) in [6.07, 6.45) is 5.19. The Morgan fingerprint density at radius 3 is 2.95 bits per heavy atom. The van der Waals surface area contributed by atoms with Gasteiger partial charge in [0.1, 0.15) is 5.82 Å². The number of ether oxygens (including phenoxy) is 1. The number of nitrogens with one attached hydrogen (secondary N) is 1. The minimum Gasteiger partial charge on any atom is -0.372 e. The van der Waals surface area contributed by atoms with Gasteiger partial charge in [0.15, 0.2) is 0 Å². The van der Waals surface area contributed by atoms with Crippen LogP contribution in [0.25, 0.3) is 0 Å². The lowest BCUT2D eigenvalue weighted by molar-refractivity contribution is 0.0400. The average Bonchev–Trinajstić information content (AvgIpc) is 2.64. The molecule has 19 heavy (non-hydrogen) atoms. The van der Waals surface area contributed by atoms with Crippen LogP contribution in [0.3, 0.4) is 0 Å². The first-order chi connectivity index (χ1) is 9.24. The molecule has 0 bridgehead atoms. The van der Waals surface area contributed by atoms with Crippen LogP contribution in [0.1, 0.15) is 37.4 Å². The first-order valence-corrected chi connectivity index (χ1v) is 7.83. The highest BCUT2D eigenvalue weighted by Gasteiger charge is 2.30. The van der Waals surface area contributed by atoms with Crippen LogP contribution >= 0.6 is 15.9 Å². The lowest BCUT2D eigenvalue weighted by atomic mass is 9.85. The van der Waals surface area contributed by atoms with E-state index in [1.807, 2.05) is 12.1 Å². The number of rotatable bonds is 1. The molecule has 3 rings (SSSR count). The molecule has 0 aromatic heterocycles. The first-order valence-electron chi connectivity index (χ1n) is 7.04. The van der Waals surface area contributed by atoms with Crippen LogP contribution in [0.2, 0.25) is 0 Å². The summed E-state index contributed by atoms with van der Waals surface area (Å²) >= 11 is 3.24. The standard InChI is InChI=1S/C15H19BrFNO/c16-12-7-10(5-6-13(12)17)15-8-18-14-4-2-1-3-11(14)9-19-15/h5-7,11,14-15,18H,1-4,8-9H2. The van der Waals surface area contributed by atoms with E-state index in [-0.39, 0.29) is 11.9 Å². The van der Waals surface area contributed by atoms with Gasteiger partial charge in [-0.1, -0.05) is 18.9 Å². The van der Waals surface area contributed by atoms with E-state index in [2.05, 4.69) is 21.2 Å². The van der Waals surface area contributed by atoms with Crippen LogP contribution in [0, 0.1) is 11.7 Å². The van der Waals surface area contributed by atoms with Crippen molar-refractivity contribution in [1.29, 1.82) is 0 Å². The van der Waals surface area contributed by atoms with E-state index in [1.165, 1.54) is 31.7 Å². The Bertz CT molecular complexity index is 438. The molecule has 2 aliphatic rings. The molecule has 2 nitrogen and oxygen atoms in total. The molecule has 0 spiro atoms. The van der Waals surface area contributed by atoms with Crippen molar-refractivity contribution >= 4 is 15.9 Å². The molecule has 1 saturated heterocycles. The topological polar surface area (TPSA) is 21.3 Å². The second-order valence-corrected chi connectivity index (χ2v) is 6.41. The van der Waals surface area contributed by atoms with Gasteiger partial charge in [-0.25, -0.2) is 4.39 Å². The summed E-state index contributed by atoms with van der Waals surface area (Å²) in [5.74, 6) is 0.418. The van der Waals surface area contributed by atoms with Gasteiger partial charge in [-0.15, -0.1) is 0 Å². The Labute approximate surface area is 121 Å². The van der Waals surface area contributed by atoms with Crippen molar-refractivity contribution in [1.82, 2.24) is 5.32 Å². The van der Waals surface area contributed by atoms with Gasteiger partial charge in [-0.2, -0.15) is 0 Å². The van der Waals surface area contributed by atoms with E-state index < -0.39 is 0 Å². The van der Waals surface area contributed by atoms with Crippen molar-refractivity contribution < 1.29 is 9.13 Å². The molecule has 1 aliphatic carbocycles. The van der Waals surface area contributed by atoms with Crippen molar-refractivity contribution in [3.05, 3.63) is 34.1 Å². The largest absolute Gasteiger partial charge is 0.372 e. The fraction of sp³-hybridized carbons (Fsp3) is 0.600. The second kappa shape index (κ2) is 5.90. The van der Waals surface area contributed by atoms with E-state index in [0.29, 0.717) is 16.4 Å². The van der Waals surface area contributed by atoms with E-state index in [4.69, 9.17) is 4.74 Å². The van der Waals surface area contributed by atoms with Gasteiger partial charge >= 0.3 is 0 Å². The number of halogens is 2. The third-order valence-electron chi connectivity index (χ3n) is 4.30. The van der Waals surface area contributed by atoms with Crippen LogP contribution in [-0.2, 0) is 4.74 Å². The smallest absolute Gasteiger partial charge is 0.137 e. The predicted octanol–water partition coefficient (Wildman–Crippen LogP) is 3.81. The van der Waals surface area contributed by atoms with Crippen molar-refractivity contribution in [2.24, 2.45) is 5.92 Å². The van der Waals surface area contributed by atoms with Crippen LogP contribution in [-0.4, -0.2) is 19.2 Å². The zero-order valence-corrected chi connectivity index (χ0v) is 12.5. The molecule has 4 heteroatoms. The number of hydrogen-bond donors (Lipinski definition) is 1. The number of fused-ring (bicyclic) bond motifs is 1. The SMILES string of the molecule is Fc1ccc(C2CNC3CCCCC3CO2)cc1Br. The van der Waals surface area contributed by atoms with Crippen LogP contribution in [0.4, 0.5) is 4.39 Å². The normalized spacial score (nSPS) is 31.6. The molecular formula is C15H19BrFNO. The second-order valence-electron chi connectivity index (χ2n) is 5.55. The molecule has 104 valence electrons. The van der Waals surface area contributed by atoms with E-state index in [1.54, 1.807) is 0 Å². The molecule has 1 aromatic carbocycles. The summed E-state index contributed by atoms with van der Waals surface area (Å²) in [4.78, 5) is 0. The Balaban J connectivity index is 1.73. The molecule has 1 saturated carbocycles. The lowest BCUT2D eigenvalue weighted by Crippen LogP contribution is -2.38. The summed E-state index contributed by atoms with van der Waals surface area (Å²) in [6, 6.07) is 5.75. The predicted molar refractivity (Wildman–Crippen MR) is 76.5 cm³/mol. The van der Waals surface area contributed by atoms with Crippen molar-refractivity contribution in [2.75, 3.05) is 13.2 Å². The van der Waals surface area contributed by atoms with Crippen LogP contribution in [0.5, 0.6) is 0 Å². The van der Waals surface area contributed by atoms with Crippen molar-refractivity contribution in [3.8, 4) is 0 Å². The van der Waals surface area contributed by atoms with E-state index in [0.717, 1.165) is 18.7 Å². The Hall–Kier alpha value is -0.450. The van der Waals surface area contributed by atoms with Gasteiger partial charge in [-0.3, -0.25) is 0 Å². The van der Waals surface area contributed by atoms with Crippen LogP contribution in [0.15, 0.2) is 22.7 Å². The molecule has 1 heterocycles. The summed E-state index contributed by atoms with van der Waals surface area (Å²) in [5, 5.41) is 3.63. The highest BCUT2D eigenvalue weighted by Crippen LogP contribution is 2.31. The van der Waals surface area contributed by atoms with Gasteiger partial charge in [-0.05, 0) is 52.4 Å². The summed E-state index contributed by atoms with van der Waals surface area (Å²) in [7, 11) is 0. The molecule has 1 aromatic rings. The number of benzene rings is 1. The molecule has 3 unspecified atom stereocenters. The zero-order chi connectivity index (χ0) is 13.2. The Morgan fingerprint density at radius 2 is 2.11 bits per heavy atom. The van der Waals surface area contributed by atoms with Crippen molar-refractivity contribution in [3.63, 3.8) is 0 Å². The van der Waals surface area contributed by atoms with Gasteiger partial charge in [0.05, 0.1) is 17.2 Å². The average molecular weight is 328 g/mol. The third kappa shape index (κ3) is 3.01. The summed E-state index contributed by atoms with van der Waals surface area (Å²) < 4.78 is 19.8. The highest BCUT2D eigenvalue weighted by atomic mass is 79.9. The molecule has 0 radical (unpaired) electrons. The highest BCUT2D eigenvalue weighted by molar-refractivity contribution is 9.10. The molecule has 1 aliphatic heterocycles. The summed E-state index contributed by atoms with van der Waals surface area (Å²) in [5.41, 5.74) is 1.04. The monoisotopic (exact) mass is 327 g/mol. The third-order valence-corrected chi connectivity index (χ3v) is 4.91. The summed E-state index contributed by atoms with van der Waals surface area (Å²) in [6.45, 7) is 1.64. The maximum absolute atomic E-state index is 13.3. The minimum absolute atomic E-state index is 0.0301. The molecule has 0 amide bonds. The van der Waals surface area contributed by atoms with Crippen molar-refractivity contribution in [2.45, 2.75) is 37.8 Å². The minimum atomic E-state index is -0.223. The van der Waals surface area contributed by atoms with E-state index >= 15 is 0 Å². The lowest BCUT2D eigenvalue weighted by Gasteiger charge is -2.29. The molecule has 1 N–H and O–H groups in total. The fourth-order valence-corrected chi connectivity index (χ4v) is 3.56. The zero-order valence-electron chi connectivity index (χ0n) is 10.9. The van der Waals surface area contributed by atoms with Gasteiger partial charge < -0.3 is 10.1 Å². The first kappa shape index (κ1) is 13.5. The number of hydrogen-bond acceptors (Lipinski definition) is 2. The Kier molecular flexibility index (Phi) is 4.20. The fourth-order valence-electron chi connectivity index (χ4n) is 3.16. The van der Waals surface area contributed by atoms with Gasteiger partial charge in [0.2, 0.25) is 0 Å².